The van der Waals surface area contributed by atoms with Crippen LogP contribution in [0, 0.1) is 11.8 Å². The van der Waals surface area contributed by atoms with E-state index in [9.17, 15) is 4.79 Å². The van der Waals surface area contributed by atoms with Crippen molar-refractivity contribution in [1.82, 2.24) is 0 Å². The minimum Gasteiger partial charge on any atom is -0.350 e. The Morgan fingerprint density at radius 2 is 1.93 bits per heavy atom. The molecule has 0 amide bonds. The number of ether oxygens (including phenoxy) is 2. The first-order valence-corrected chi connectivity index (χ1v) is 5.82. The third-order valence-electron chi connectivity index (χ3n) is 3.00. The van der Waals surface area contributed by atoms with Gasteiger partial charge in [0.15, 0.2) is 6.29 Å². The molecule has 0 spiro atoms. The Bertz CT molecular complexity index is 195. The van der Waals surface area contributed by atoms with Gasteiger partial charge in [-0.25, -0.2) is 0 Å². The van der Waals surface area contributed by atoms with Gasteiger partial charge in [-0.3, -0.25) is 0 Å². The standard InChI is InChI=1S/C12H22O3/c1-9(2)11(5-4-10(3)13)8-12-14-6-7-15-12/h9,11-12H,4-8H2,1-3H3/t11-/m1/s1. The molecule has 1 heterocycles. The maximum absolute atomic E-state index is 10.9. The van der Waals surface area contributed by atoms with E-state index < -0.39 is 0 Å². The van der Waals surface area contributed by atoms with Crippen LogP contribution in [0.15, 0.2) is 0 Å². The smallest absolute Gasteiger partial charge is 0.158 e. The highest BCUT2D eigenvalue weighted by atomic mass is 16.7. The molecule has 0 N–H and O–H groups in total. The molecule has 0 radical (unpaired) electrons. The molecule has 3 heteroatoms. The van der Waals surface area contributed by atoms with Crippen LogP contribution in [0.3, 0.4) is 0 Å². The second-order valence-corrected chi connectivity index (χ2v) is 4.65. The summed E-state index contributed by atoms with van der Waals surface area (Å²) in [6.07, 6.45) is 2.51. The van der Waals surface area contributed by atoms with E-state index in [-0.39, 0.29) is 12.1 Å². The van der Waals surface area contributed by atoms with Crippen LogP contribution in [0.4, 0.5) is 0 Å². The summed E-state index contributed by atoms with van der Waals surface area (Å²) >= 11 is 0. The number of carbonyl (C=O) groups excluding carboxylic acids is 1. The molecule has 0 aromatic heterocycles. The van der Waals surface area contributed by atoms with Crippen molar-refractivity contribution in [2.24, 2.45) is 11.8 Å². The fraction of sp³-hybridized carbons (Fsp3) is 0.917. The highest BCUT2D eigenvalue weighted by Crippen LogP contribution is 2.25. The maximum Gasteiger partial charge on any atom is 0.158 e. The van der Waals surface area contributed by atoms with Gasteiger partial charge in [-0.2, -0.15) is 0 Å². The van der Waals surface area contributed by atoms with Crippen molar-refractivity contribution in [2.45, 2.75) is 46.3 Å². The van der Waals surface area contributed by atoms with Crippen LogP contribution in [0.2, 0.25) is 0 Å². The molecule has 0 saturated carbocycles. The SMILES string of the molecule is CC(=O)CC[C@H](CC1OCCO1)C(C)C. The largest absolute Gasteiger partial charge is 0.350 e. The summed E-state index contributed by atoms with van der Waals surface area (Å²) in [7, 11) is 0. The Morgan fingerprint density at radius 3 is 2.40 bits per heavy atom. The number of rotatable bonds is 6. The third-order valence-corrected chi connectivity index (χ3v) is 3.00. The van der Waals surface area contributed by atoms with Gasteiger partial charge < -0.3 is 14.3 Å². The van der Waals surface area contributed by atoms with Crippen LogP contribution in [-0.4, -0.2) is 25.3 Å². The molecule has 1 aliphatic rings. The lowest BCUT2D eigenvalue weighted by Crippen LogP contribution is -2.19. The fourth-order valence-electron chi connectivity index (χ4n) is 1.90. The average molecular weight is 214 g/mol. The molecule has 0 aromatic carbocycles. The van der Waals surface area contributed by atoms with Gasteiger partial charge in [-0.1, -0.05) is 13.8 Å². The zero-order chi connectivity index (χ0) is 11.3. The Kier molecular flexibility index (Phi) is 5.26. The molecule has 0 aromatic rings. The van der Waals surface area contributed by atoms with Crippen molar-refractivity contribution < 1.29 is 14.3 Å². The monoisotopic (exact) mass is 214 g/mol. The lowest BCUT2D eigenvalue weighted by molar-refractivity contribution is -0.117. The normalized spacial score (nSPS) is 19.7. The van der Waals surface area contributed by atoms with Gasteiger partial charge in [0.25, 0.3) is 0 Å². The second-order valence-electron chi connectivity index (χ2n) is 4.65. The van der Waals surface area contributed by atoms with Crippen molar-refractivity contribution >= 4 is 5.78 Å². The van der Waals surface area contributed by atoms with Crippen LogP contribution >= 0.6 is 0 Å². The molecular weight excluding hydrogens is 192 g/mol. The summed E-state index contributed by atoms with van der Waals surface area (Å²) in [5.74, 6) is 1.38. The molecule has 0 bridgehead atoms. The summed E-state index contributed by atoms with van der Waals surface area (Å²) in [6, 6.07) is 0. The maximum atomic E-state index is 10.9. The molecule has 0 unspecified atom stereocenters. The minimum atomic E-state index is -0.0376. The molecule has 88 valence electrons. The van der Waals surface area contributed by atoms with E-state index in [4.69, 9.17) is 9.47 Å². The lowest BCUT2D eigenvalue weighted by Gasteiger charge is -2.22. The van der Waals surface area contributed by atoms with E-state index in [1.807, 2.05) is 0 Å². The molecule has 1 fully saturated rings. The van der Waals surface area contributed by atoms with Gasteiger partial charge in [-0.15, -0.1) is 0 Å². The van der Waals surface area contributed by atoms with E-state index in [1.165, 1.54) is 0 Å². The molecule has 3 nitrogen and oxygen atoms in total. The van der Waals surface area contributed by atoms with Gasteiger partial charge >= 0.3 is 0 Å². The number of hydrogen-bond donors (Lipinski definition) is 0. The topological polar surface area (TPSA) is 35.5 Å². The van der Waals surface area contributed by atoms with E-state index in [0.717, 1.165) is 12.8 Å². The van der Waals surface area contributed by atoms with E-state index in [0.29, 0.717) is 31.5 Å². The summed E-state index contributed by atoms with van der Waals surface area (Å²) in [5.41, 5.74) is 0. The highest BCUT2D eigenvalue weighted by molar-refractivity contribution is 5.75. The number of Topliss-reactive ketones (excluding diaryl/α,β-unsaturated/α-hetero) is 1. The predicted molar refractivity (Wildman–Crippen MR) is 58.6 cm³/mol. The number of carbonyl (C=O) groups is 1. The number of ketones is 1. The van der Waals surface area contributed by atoms with Crippen LogP contribution in [0.5, 0.6) is 0 Å². The van der Waals surface area contributed by atoms with Crippen LogP contribution in [0.1, 0.15) is 40.0 Å². The Hall–Kier alpha value is -0.410. The van der Waals surface area contributed by atoms with Crippen LogP contribution < -0.4 is 0 Å². The summed E-state index contributed by atoms with van der Waals surface area (Å²) in [4.78, 5) is 10.9. The summed E-state index contributed by atoms with van der Waals surface area (Å²) in [5, 5.41) is 0. The highest BCUT2D eigenvalue weighted by Gasteiger charge is 2.23. The van der Waals surface area contributed by atoms with Gasteiger partial charge in [0.2, 0.25) is 0 Å². The molecular formula is C12H22O3. The molecule has 15 heavy (non-hydrogen) atoms. The second kappa shape index (κ2) is 6.23. The Balaban J connectivity index is 2.32. The Morgan fingerprint density at radius 1 is 1.33 bits per heavy atom. The van der Waals surface area contributed by atoms with E-state index in [2.05, 4.69) is 13.8 Å². The quantitative estimate of drug-likeness (QED) is 0.681. The molecule has 1 atom stereocenters. The molecule has 1 aliphatic heterocycles. The van der Waals surface area contributed by atoms with Crippen molar-refractivity contribution in [3.8, 4) is 0 Å². The van der Waals surface area contributed by atoms with Gasteiger partial charge in [0.1, 0.15) is 5.78 Å². The van der Waals surface area contributed by atoms with E-state index >= 15 is 0 Å². The molecule has 0 aliphatic carbocycles. The van der Waals surface area contributed by atoms with Gasteiger partial charge in [0.05, 0.1) is 13.2 Å². The van der Waals surface area contributed by atoms with Crippen molar-refractivity contribution in [3.05, 3.63) is 0 Å². The average Bonchev–Trinajstić information content (AvgIpc) is 2.63. The molecule has 1 rings (SSSR count). The van der Waals surface area contributed by atoms with Gasteiger partial charge in [0, 0.05) is 12.8 Å². The Labute approximate surface area is 92.1 Å². The fourth-order valence-corrected chi connectivity index (χ4v) is 1.90. The first kappa shape index (κ1) is 12.7. The molecule has 1 saturated heterocycles. The lowest BCUT2D eigenvalue weighted by atomic mass is 9.87. The third kappa shape index (κ3) is 4.76. The number of hydrogen-bond acceptors (Lipinski definition) is 3. The summed E-state index contributed by atoms with van der Waals surface area (Å²) < 4.78 is 10.9. The summed E-state index contributed by atoms with van der Waals surface area (Å²) in [6.45, 7) is 7.46. The van der Waals surface area contributed by atoms with Crippen LogP contribution in [0.25, 0.3) is 0 Å². The zero-order valence-electron chi connectivity index (χ0n) is 9.99. The minimum absolute atomic E-state index is 0.0376. The predicted octanol–water partition coefficient (Wildman–Crippen LogP) is 2.39. The van der Waals surface area contributed by atoms with Crippen molar-refractivity contribution in [1.29, 1.82) is 0 Å². The van der Waals surface area contributed by atoms with Crippen LogP contribution in [-0.2, 0) is 14.3 Å². The first-order chi connectivity index (χ1) is 7.09. The first-order valence-electron chi connectivity index (χ1n) is 5.82. The van der Waals surface area contributed by atoms with Crippen molar-refractivity contribution in [2.75, 3.05) is 13.2 Å². The van der Waals surface area contributed by atoms with Crippen molar-refractivity contribution in [3.63, 3.8) is 0 Å². The van der Waals surface area contributed by atoms with Gasteiger partial charge in [-0.05, 0) is 25.2 Å². The van der Waals surface area contributed by atoms with E-state index in [1.54, 1.807) is 6.92 Å². The zero-order valence-corrected chi connectivity index (χ0v) is 9.99.